The number of ether oxygens (including phenoxy) is 1. The van der Waals surface area contributed by atoms with Crippen molar-refractivity contribution in [1.29, 1.82) is 0 Å². The van der Waals surface area contributed by atoms with E-state index in [1.165, 1.54) is 16.4 Å². The van der Waals surface area contributed by atoms with Crippen LogP contribution in [0.25, 0.3) is 0 Å². The van der Waals surface area contributed by atoms with Crippen molar-refractivity contribution >= 4 is 33.2 Å². The number of carbonyl (C=O) groups is 1. The van der Waals surface area contributed by atoms with Crippen molar-refractivity contribution in [3.8, 4) is 5.75 Å². The number of nitrogens with zero attached hydrogens (tertiary/aromatic N) is 1. The van der Waals surface area contributed by atoms with Crippen LogP contribution in [0.5, 0.6) is 5.75 Å². The maximum Gasteiger partial charge on any atom is 0.265 e. The zero-order chi connectivity index (χ0) is 20.7. The van der Waals surface area contributed by atoms with E-state index in [0.29, 0.717) is 36.0 Å². The van der Waals surface area contributed by atoms with Gasteiger partial charge in [-0.05, 0) is 42.8 Å². The molecule has 0 saturated heterocycles. The number of anilines is 1. The van der Waals surface area contributed by atoms with Crippen LogP contribution in [0.3, 0.4) is 0 Å². The highest BCUT2D eigenvalue weighted by Gasteiger charge is 2.22. The lowest BCUT2D eigenvalue weighted by molar-refractivity contribution is -0.122. The van der Waals surface area contributed by atoms with E-state index in [2.05, 4.69) is 5.32 Å². The Bertz CT molecular complexity index is 897. The van der Waals surface area contributed by atoms with Crippen LogP contribution >= 0.6 is 11.6 Å². The van der Waals surface area contributed by atoms with Crippen molar-refractivity contribution in [2.75, 3.05) is 18.4 Å². The second-order valence-electron chi connectivity index (χ2n) is 6.05. The summed E-state index contributed by atoms with van der Waals surface area (Å²) in [6.45, 7) is 6.21. The van der Waals surface area contributed by atoms with Crippen LogP contribution in [-0.4, -0.2) is 37.8 Å². The Morgan fingerprint density at radius 3 is 2.21 bits per heavy atom. The molecule has 0 aromatic heterocycles. The minimum Gasteiger partial charge on any atom is -0.479 e. The van der Waals surface area contributed by atoms with Crippen LogP contribution in [0, 0.1) is 0 Å². The van der Waals surface area contributed by atoms with Crippen molar-refractivity contribution in [3.63, 3.8) is 0 Å². The second-order valence-corrected chi connectivity index (χ2v) is 8.39. The minimum absolute atomic E-state index is 0.188. The van der Waals surface area contributed by atoms with E-state index < -0.39 is 16.1 Å². The molecule has 0 aliphatic heterocycles. The molecule has 6 nitrogen and oxygen atoms in total. The number of para-hydroxylation sites is 1. The number of benzene rings is 2. The highest BCUT2D eigenvalue weighted by molar-refractivity contribution is 7.89. The molecule has 1 atom stereocenters. The first-order valence-electron chi connectivity index (χ1n) is 9.15. The average molecular weight is 425 g/mol. The summed E-state index contributed by atoms with van der Waals surface area (Å²) in [6, 6.07) is 13.1. The number of sulfonamides is 1. The van der Waals surface area contributed by atoms with E-state index in [1.54, 1.807) is 50.2 Å². The molecule has 1 amide bonds. The monoisotopic (exact) mass is 424 g/mol. The first kappa shape index (κ1) is 22.2. The van der Waals surface area contributed by atoms with E-state index in [9.17, 15) is 13.2 Å². The Kier molecular flexibility index (Phi) is 7.86. The summed E-state index contributed by atoms with van der Waals surface area (Å²) in [4.78, 5) is 12.7. The van der Waals surface area contributed by atoms with Gasteiger partial charge in [-0.1, -0.05) is 44.5 Å². The summed E-state index contributed by atoms with van der Waals surface area (Å²) in [6.07, 6.45) is -0.273. The Morgan fingerprint density at radius 1 is 1.07 bits per heavy atom. The molecule has 0 bridgehead atoms. The molecule has 0 fully saturated rings. The number of rotatable bonds is 9. The van der Waals surface area contributed by atoms with Crippen molar-refractivity contribution in [2.24, 2.45) is 0 Å². The fraction of sp³-hybridized carbons (Fsp3) is 0.350. The van der Waals surface area contributed by atoms with Gasteiger partial charge in [-0.3, -0.25) is 4.79 Å². The average Bonchev–Trinajstić information content (AvgIpc) is 2.68. The predicted octanol–water partition coefficient (Wildman–Crippen LogP) is 4.17. The van der Waals surface area contributed by atoms with Gasteiger partial charge < -0.3 is 10.1 Å². The molecule has 0 aliphatic carbocycles. The van der Waals surface area contributed by atoms with Gasteiger partial charge in [0.15, 0.2) is 6.10 Å². The number of amides is 1. The molecular weight excluding hydrogens is 400 g/mol. The van der Waals surface area contributed by atoms with E-state index >= 15 is 0 Å². The molecule has 2 rings (SSSR count). The Hall–Kier alpha value is -2.09. The minimum atomic E-state index is -3.53. The highest BCUT2D eigenvalue weighted by Crippen LogP contribution is 2.25. The molecule has 0 unspecified atom stereocenters. The summed E-state index contributed by atoms with van der Waals surface area (Å²) in [5.74, 6) is 0.105. The zero-order valence-corrected chi connectivity index (χ0v) is 17.8. The van der Waals surface area contributed by atoms with E-state index in [1.807, 2.05) is 6.92 Å². The molecule has 2 aromatic carbocycles. The van der Waals surface area contributed by atoms with Crippen molar-refractivity contribution in [2.45, 2.75) is 38.2 Å². The molecule has 0 heterocycles. The third-order valence-corrected chi connectivity index (χ3v) is 6.61. The number of carbonyl (C=O) groups excluding carboxylic acids is 1. The summed E-state index contributed by atoms with van der Waals surface area (Å²) < 4.78 is 32.1. The van der Waals surface area contributed by atoms with Gasteiger partial charge in [-0.25, -0.2) is 8.42 Å². The van der Waals surface area contributed by atoms with Gasteiger partial charge in [-0.2, -0.15) is 4.31 Å². The third-order valence-electron chi connectivity index (χ3n) is 4.23. The molecule has 8 heteroatoms. The lowest BCUT2D eigenvalue weighted by Gasteiger charge is -2.19. The van der Waals surface area contributed by atoms with E-state index in [0.717, 1.165) is 0 Å². The van der Waals surface area contributed by atoms with Crippen LogP contribution in [0.15, 0.2) is 53.4 Å². The van der Waals surface area contributed by atoms with Crippen molar-refractivity contribution < 1.29 is 17.9 Å². The van der Waals surface area contributed by atoms with Crippen LogP contribution in [0.4, 0.5) is 5.69 Å². The Morgan fingerprint density at radius 2 is 1.68 bits per heavy atom. The van der Waals surface area contributed by atoms with E-state index in [4.69, 9.17) is 16.3 Å². The standard InChI is InChI=1S/C20H25ClN2O4S/c1-4-18(27-19-10-8-7-9-17(19)21)20(24)22-15-11-13-16(14-12-15)28(25,26)23(5-2)6-3/h7-14,18H,4-6H2,1-3H3,(H,22,24)/t18-/m0/s1. The molecule has 28 heavy (non-hydrogen) atoms. The first-order chi connectivity index (χ1) is 13.3. The summed E-state index contributed by atoms with van der Waals surface area (Å²) in [7, 11) is -3.53. The van der Waals surface area contributed by atoms with E-state index in [-0.39, 0.29) is 10.8 Å². The zero-order valence-electron chi connectivity index (χ0n) is 16.2. The maximum absolute atomic E-state index is 12.5. The molecule has 0 radical (unpaired) electrons. The fourth-order valence-electron chi connectivity index (χ4n) is 2.66. The fourth-order valence-corrected chi connectivity index (χ4v) is 4.30. The molecule has 0 saturated carbocycles. The maximum atomic E-state index is 12.5. The highest BCUT2D eigenvalue weighted by atomic mass is 35.5. The van der Waals surface area contributed by atoms with Crippen LogP contribution < -0.4 is 10.1 Å². The molecule has 0 aliphatic rings. The van der Waals surface area contributed by atoms with Gasteiger partial charge in [0.1, 0.15) is 5.75 Å². The summed E-state index contributed by atoms with van der Waals surface area (Å²) in [5, 5.41) is 3.18. The van der Waals surface area contributed by atoms with Gasteiger partial charge in [0, 0.05) is 18.8 Å². The molecule has 0 spiro atoms. The topological polar surface area (TPSA) is 75.7 Å². The molecule has 2 aromatic rings. The summed E-state index contributed by atoms with van der Waals surface area (Å²) >= 11 is 6.08. The van der Waals surface area contributed by atoms with Crippen LogP contribution in [-0.2, 0) is 14.8 Å². The second kappa shape index (κ2) is 9.91. The van der Waals surface area contributed by atoms with Crippen molar-refractivity contribution in [1.82, 2.24) is 4.31 Å². The normalized spacial score (nSPS) is 12.6. The number of nitrogens with one attached hydrogen (secondary N) is 1. The largest absolute Gasteiger partial charge is 0.479 e. The van der Waals surface area contributed by atoms with Gasteiger partial charge in [-0.15, -0.1) is 0 Å². The molecule has 1 N–H and O–H groups in total. The molecule has 152 valence electrons. The van der Waals surface area contributed by atoms with Gasteiger partial charge in [0.2, 0.25) is 10.0 Å². The van der Waals surface area contributed by atoms with Crippen LogP contribution in [0.1, 0.15) is 27.2 Å². The third kappa shape index (κ3) is 5.25. The van der Waals surface area contributed by atoms with Crippen LogP contribution in [0.2, 0.25) is 5.02 Å². The first-order valence-corrected chi connectivity index (χ1v) is 11.0. The summed E-state index contributed by atoms with van der Waals surface area (Å²) in [5.41, 5.74) is 0.490. The Balaban J connectivity index is 2.10. The lowest BCUT2D eigenvalue weighted by Crippen LogP contribution is -2.32. The number of hydrogen-bond donors (Lipinski definition) is 1. The lowest BCUT2D eigenvalue weighted by atomic mass is 10.2. The smallest absolute Gasteiger partial charge is 0.265 e. The van der Waals surface area contributed by atoms with Gasteiger partial charge >= 0.3 is 0 Å². The van der Waals surface area contributed by atoms with Gasteiger partial charge in [0.05, 0.1) is 9.92 Å². The SMILES string of the molecule is CC[C@H](Oc1ccccc1Cl)C(=O)Nc1ccc(S(=O)(=O)N(CC)CC)cc1. The van der Waals surface area contributed by atoms with Gasteiger partial charge in [0.25, 0.3) is 5.91 Å². The Labute approximate surface area is 171 Å². The predicted molar refractivity (Wildman–Crippen MR) is 111 cm³/mol. The van der Waals surface area contributed by atoms with Crippen molar-refractivity contribution in [3.05, 3.63) is 53.6 Å². The number of halogens is 1. The molecular formula is C20H25ClN2O4S. The quantitative estimate of drug-likeness (QED) is 0.655. The number of hydrogen-bond acceptors (Lipinski definition) is 4.